The highest BCUT2D eigenvalue weighted by molar-refractivity contribution is 6.13. The molecule has 0 N–H and O–H groups in total. The Morgan fingerprint density at radius 1 is 0.283 bits per heavy atom. The van der Waals surface area contributed by atoms with Crippen molar-refractivity contribution >= 4 is 49.8 Å². The molecule has 1 heterocycles. The van der Waals surface area contributed by atoms with E-state index in [4.69, 9.17) is 4.42 Å². The zero-order valence-electron chi connectivity index (χ0n) is 32.9. The van der Waals surface area contributed by atoms with E-state index >= 15 is 0 Å². The minimum atomic E-state index is 0.885. The van der Waals surface area contributed by atoms with Crippen LogP contribution in [0.1, 0.15) is 0 Å². The maximum atomic E-state index is 6.36. The van der Waals surface area contributed by atoms with Gasteiger partial charge >= 0.3 is 0 Å². The van der Waals surface area contributed by atoms with Crippen molar-refractivity contribution in [3.8, 4) is 55.6 Å². The summed E-state index contributed by atoms with van der Waals surface area (Å²) in [5.41, 5.74) is 16.7. The maximum Gasteiger partial charge on any atom is 0.136 e. The highest BCUT2D eigenvalue weighted by Gasteiger charge is 2.23. The summed E-state index contributed by atoms with van der Waals surface area (Å²) in [6.45, 7) is 0. The third-order valence-electron chi connectivity index (χ3n) is 11.7. The predicted molar refractivity (Wildman–Crippen MR) is 253 cm³/mol. The average molecular weight is 766 g/mol. The average Bonchev–Trinajstić information content (AvgIpc) is 3.72. The van der Waals surface area contributed by atoms with E-state index in [1.807, 2.05) is 12.1 Å². The second kappa shape index (κ2) is 15.1. The van der Waals surface area contributed by atoms with Crippen molar-refractivity contribution in [2.75, 3.05) is 4.90 Å². The molecule has 2 nitrogen and oxygen atoms in total. The number of benzene rings is 10. The molecule has 0 spiro atoms. The summed E-state index contributed by atoms with van der Waals surface area (Å²) in [4.78, 5) is 2.46. The van der Waals surface area contributed by atoms with Crippen LogP contribution in [0, 0.1) is 0 Å². The van der Waals surface area contributed by atoms with Crippen LogP contribution in [0.3, 0.4) is 0 Å². The van der Waals surface area contributed by atoms with Crippen molar-refractivity contribution < 1.29 is 4.42 Å². The standard InChI is InChI=1S/C58H39NO/c1-3-17-40(18-4-1)41-35-37-43(38-36-41)47-25-7-10-31-53(47)59(46-24-13-23-45(39-46)49-29-16-34-56-58(49)52-27-9-12-33-55(52)60-56)54-32-11-8-26-50(54)51-30-15-22-44-21-14-28-48(57(44)51)42-19-5-2-6-20-42/h1-39H. The molecular formula is C58H39NO. The van der Waals surface area contributed by atoms with Gasteiger partial charge in [0.2, 0.25) is 0 Å². The lowest BCUT2D eigenvalue weighted by molar-refractivity contribution is 0.669. The van der Waals surface area contributed by atoms with E-state index in [0.29, 0.717) is 0 Å². The van der Waals surface area contributed by atoms with E-state index in [1.165, 1.54) is 38.6 Å². The molecule has 0 unspecified atom stereocenters. The van der Waals surface area contributed by atoms with Gasteiger partial charge in [-0.25, -0.2) is 0 Å². The van der Waals surface area contributed by atoms with Gasteiger partial charge in [0, 0.05) is 27.6 Å². The smallest absolute Gasteiger partial charge is 0.136 e. The molecule has 11 rings (SSSR count). The Morgan fingerprint density at radius 2 is 0.767 bits per heavy atom. The first-order valence-electron chi connectivity index (χ1n) is 20.5. The van der Waals surface area contributed by atoms with Crippen LogP contribution in [0.5, 0.6) is 0 Å². The van der Waals surface area contributed by atoms with Gasteiger partial charge in [-0.1, -0.05) is 200 Å². The quantitative estimate of drug-likeness (QED) is 0.153. The van der Waals surface area contributed by atoms with Crippen molar-refractivity contribution in [2.24, 2.45) is 0 Å². The normalized spacial score (nSPS) is 11.3. The molecule has 1 aromatic heterocycles. The topological polar surface area (TPSA) is 16.4 Å². The fourth-order valence-corrected chi connectivity index (χ4v) is 8.94. The summed E-state index contributed by atoms with van der Waals surface area (Å²) < 4.78 is 6.36. The Morgan fingerprint density at radius 3 is 1.53 bits per heavy atom. The lowest BCUT2D eigenvalue weighted by Crippen LogP contribution is -2.12. The van der Waals surface area contributed by atoms with Crippen molar-refractivity contribution in [1.29, 1.82) is 0 Å². The molecule has 0 aliphatic rings. The van der Waals surface area contributed by atoms with Crippen molar-refractivity contribution in [3.63, 3.8) is 0 Å². The lowest BCUT2D eigenvalue weighted by Gasteiger charge is -2.30. The van der Waals surface area contributed by atoms with Crippen LogP contribution in [0.4, 0.5) is 17.1 Å². The van der Waals surface area contributed by atoms with Crippen LogP contribution in [-0.2, 0) is 0 Å². The summed E-state index contributed by atoms with van der Waals surface area (Å²) in [6, 6.07) is 85.0. The molecule has 0 radical (unpaired) electrons. The maximum absolute atomic E-state index is 6.36. The molecular weight excluding hydrogens is 727 g/mol. The first kappa shape index (κ1) is 35.2. The summed E-state index contributed by atoms with van der Waals surface area (Å²) in [7, 11) is 0. The van der Waals surface area contributed by atoms with Crippen LogP contribution < -0.4 is 4.90 Å². The molecule has 0 amide bonds. The van der Waals surface area contributed by atoms with Gasteiger partial charge in [0.1, 0.15) is 11.2 Å². The zero-order chi connectivity index (χ0) is 39.8. The van der Waals surface area contributed by atoms with Crippen LogP contribution in [-0.4, -0.2) is 0 Å². The van der Waals surface area contributed by atoms with Gasteiger partial charge < -0.3 is 9.32 Å². The first-order chi connectivity index (χ1) is 29.8. The van der Waals surface area contributed by atoms with Crippen molar-refractivity contribution in [2.45, 2.75) is 0 Å². The Balaban J connectivity index is 1.15. The number of para-hydroxylation sites is 3. The summed E-state index contributed by atoms with van der Waals surface area (Å²) in [5.74, 6) is 0. The van der Waals surface area contributed by atoms with E-state index in [9.17, 15) is 0 Å². The molecule has 60 heavy (non-hydrogen) atoms. The molecule has 282 valence electrons. The zero-order valence-corrected chi connectivity index (χ0v) is 32.9. The third kappa shape index (κ3) is 6.23. The van der Waals surface area contributed by atoms with Gasteiger partial charge in [0.25, 0.3) is 0 Å². The monoisotopic (exact) mass is 765 g/mol. The van der Waals surface area contributed by atoms with Crippen LogP contribution in [0.25, 0.3) is 88.3 Å². The molecule has 0 aliphatic carbocycles. The van der Waals surface area contributed by atoms with E-state index < -0.39 is 0 Å². The Bertz CT molecular complexity index is 3300. The Hall–Kier alpha value is -7.94. The second-order valence-electron chi connectivity index (χ2n) is 15.2. The van der Waals surface area contributed by atoms with Crippen molar-refractivity contribution in [1.82, 2.24) is 0 Å². The van der Waals surface area contributed by atoms with E-state index in [1.54, 1.807) is 0 Å². The molecule has 10 aromatic carbocycles. The summed E-state index contributed by atoms with van der Waals surface area (Å²) >= 11 is 0. The van der Waals surface area contributed by atoms with Crippen LogP contribution >= 0.6 is 0 Å². The van der Waals surface area contributed by atoms with E-state index in [0.717, 1.165) is 66.8 Å². The van der Waals surface area contributed by atoms with E-state index in [2.05, 4.69) is 229 Å². The molecule has 2 heteroatoms. The number of anilines is 3. The van der Waals surface area contributed by atoms with Crippen molar-refractivity contribution in [3.05, 3.63) is 237 Å². The fourth-order valence-electron chi connectivity index (χ4n) is 8.94. The molecule has 0 saturated heterocycles. The molecule has 11 aromatic rings. The summed E-state index contributed by atoms with van der Waals surface area (Å²) in [6.07, 6.45) is 0. The number of furan rings is 1. The predicted octanol–water partition coefficient (Wildman–Crippen LogP) is 16.5. The van der Waals surface area contributed by atoms with Gasteiger partial charge in [0.15, 0.2) is 0 Å². The number of fused-ring (bicyclic) bond motifs is 4. The SMILES string of the molecule is c1ccc(-c2ccc(-c3ccccc3N(c3cccc(-c4cccc5oc6ccccc6c45)c3)c3ccccc3-c3cccc4cccc(-c5ccccc5)c34)cc2)cc1. The summed E-state index contributed by atoms with van der Waals surface area (Å²) in [5, 5.41) is 4.68. The Kier molecular flexibility index (Phi) is 8.87. The van der Waals surface area contributed by atoms with Gasteiger partial charge in [-0.3, -0.25) is 0 Å². The van der Waals surface area contributed by atoms with Gasteiger partial charge in [-0.15, -0.1) is 0 Å². The largest absolute Gasteiger partial charge is 0.456 e. The van der Waals surface area contributed by atoms with Crippen LogP contribution in [0.15, 0.2) is 241 Å². The highest BCUT2D eigenvalue weighted by Crippen LogP contribution is 2.48. The Labute approximate surface area is 349 Å². The third-order valence-corrected chi connectivity index (χ3v) is 11.7. The highest BCUT2D eigenvalue weighted by atomic mass is 16.3. The number of hydrogen-bond acceptors (Lipinski definition) is 2. The molecule has 0 aliphatic heterocycles. The van der Waals surface area contributed by atoms with Gasteiger partial charge in [-0.05, 0) is 91.7 Å². The second-order valence-corrected chi connectivity index (χ2v) is 15.2. The minimum Gasteiger partial charge on any atom is -0.456 e. The first-order valence-corrected chi connectivity index (χ1v) is 20.5. The number of hydrogen-bond donors (Lipinski definition) is 0. The number of rotatable bonds is 8. The molecule has 0 atom stereocenters. The van der Waals surface area contributed by atoms with Crippen LogP contribution in [0.2, 0.25) is 0 Å². The minimum absolute atomic E-state index is 0.885. The molecule has 0 fully saturated rings. The van der Waals surface area contributed by atoms with Gasteiger partial charge in [0.05, 0.1) is 11.4 Å². The molecule has 0 bridgehead atoms. The molecule has 0 saturated carbocycles. The lowest BCUT2D eigenvalue weighted by atomic mass is 9.90. The van der Waals surface area contributed by atoms with E-state index in [-0.39, 0.29) is 0 Å². The fraction of sp³-hybridized carbons (Fsp3) is 0. The van der Waals surface area contributed by atoms with Gasteiger partial charge in [-0.2, -0.15) is 0 Å². The number of nitrogens with zero attached hydrogens (tertiary/aromatic N) is 1.